The van der Waals surface area contributed by atoms with Gasteiger partial charge in [-0.3, -0.25) is 4.79 Å². The SMILES string of the molecule is NS(=O)(=O)c1ccccc1-c1ccc(C(=O)NCC[C@@H]2CCOC2)cc1. The third-order valence-electron chi connectivity index (χ3n) is 4.51. The maximum absolute atomic E-state index is 12.2. The Hall–Kier alpha value is -2.22. The molecule has 1 fully saturated rings. The van der Waals surface area contributed by atoms with Crippen LogP contribution < -0.4 is 10.5 Å². The molecule has 26 heavy (non-hydrogen) atoms. The molecule has 3 rings (SSSR count). The van der Waals surface area contributed by atoms with Gasteiger partial charge in [-0.1, -0.05) is 30.3 Å². The van der Waals surface area contributed by atoms with E-state index in [2.05, 4.69) is 5.32 Å². The molecular formula is C19H22N2O4S. The molecule has 1 amide bonds. The fraction of sp³-hybridized carbons (Fsp3) is 0.316. The van der Waals surface area contributed by atoms with Gasteiger partial charge in [-0.15, -0.1) is 0 Å². The summed E-state index contributed by atoms with van der Waals surface area (Å²) >= 11 is 0. The lowest BCUT2D eigenvalue weighted by Crippen LogP contribution is -2.26. The zero-order chi connectivity index (χ0) is 18.6. The molecule has 3 N–H and O–H groups in total. The summed E-state index contributed by atoms with van der Waals surface area (Å²) in [6, 6.07) is 13.4. The Morgan fingerprint density at radius 2 is 1.88 bits per heavy atom. The van der Waals surface area contributed by atoms with Crippen LogP contribution in [0, 0.1) is 5.92 Å². The van der Waals surface area contributed by atoms with Crippen molar-refractivity contribution in [2.24, 2.45) is 11.1 Å². The first-order valence-corrected chi connectivity index (χ1v) is 10.1. The molecule has 1 atom stereocenters. The number of rotatable bonds is 6. The van der Waals surface area contributed by atoms with E-state index in [1.165, 1.54) is 6.07 Å². The number of nitrogens with one attached hydrogen (secondary N) is 1. The van der Waals surface area contributed by atoms with E-state index < -0.39 is 10.0 Å². The van der Waals surface area contributed by atoms with Gasteiger partial charge in [0.25, 0.3) is 5.91 Å². The van der Waals surface area contributed by atoms with E-state index in [0.29, 0.717) is 29.2 Å². The highest BCUT2D eigenvalue weighted by Gasteiger charge is 2.16. The van der Waals surface area contributed by atoms with Crippen LogP contribution in [0.25, 0.3) is 11.1 Å². The molecule has 7 heteroatoms. The van der Waals surface area contributed by atoms with Crippen LogP contribution in [0.15, 0.2) is 53.4 Å². The number of ether oxygens (including phenoxy) is 1. The standard InChI is InChI=1S/C19H22N2O4S/c20-26(23,24)18-4-2-1-3-17(18)15-5-7-16(8-6-15)19(22)21-11-9-14-10-12-25-13-14/h1-8,14H,9-13H2,(H,21,22)(H2,20,23,24)/t14-/m1/s1. The van der Waals surface area contributed by atoms with Crippen molar-refractivity contribution in [2.45, 2.75) is 17.7 Å². The van der Waals surface area contributed by atoms with Gasteiger partial charge >= 0.3 is 0 Å². The highest BCUT2D eigenvalue weighted by Crippen LogP contribution is 2.26. The third-order valence-corrected chi connectivity index (χ3v) is 5.48. The first-order chi connectivity index (χ1) is 12.4. The van der Waals surface area contributed by atoms with Crippen molar-refractivity contribution in [3.63, 3.8) is 0 Å². The zero-order valence-electron chi connectivity index (χ0n) is 14.4. The van der Waals surface area contributed by atoms with Crippen molar-refractivity contribution in [2.75, 3.05) is 19.8 Å². The largest absolute Gasteiger partial charge is 0.381 e. The lowest BCUT2D eigenvalue weighted by molar-refractivity contribution is 0.0950. The monoisotopic (exact) mass is 374 g/mol. The van der Waals surface area contributed by atoms with Gasteiger partial charge in [-0.05, 0) is 42.5 Å². The smallest absolute Gasteiger partial charge is 0.251 e. The fourth-order valence-electron chi connectivity index (χ4n) is 3.06. The highest BCUT2D eigenvalue weighted by molar-refractivity contribution is 7.89. The average molecular weight is 374 g/mol. The Balaban J connectivity index is 1.68. The number of carbonyl (C=O) groups is 1. The minimum absolute atomic E-state index is 0.0657. The van der Waals surface area contributed by atoms with Crippen molar-refractivity contribution >= 4 is 15.9 Å². The van der Waals surface area contributed by atoms with Crippen LogP contribution in [-0.4, -0.2) is 34.1 Å². The van der Waals surface area contributed by atoms with Crippen molar-refractivity contribution in [1.29, 1.82) is 0 Å². The van der Waals surface area contributed by atoms with Gasteiger partial charge < -0.3 is 10.1 Å². The van der Waals surface area contributed by atoms with E-state index in [4.69, 9.17) is 9.88 Å². The molecule has 1 aliphatic rings. The maximum atomic E-state index is 12.2. The first-order valence-electron chi connectivity index (χ1n) is 8.53. The number of benzene rings is 2. The zero-order valence-corrected chi connectivity index (χ0v) is 15.2. The molecule has 0 bridgehead atoms. The van der Waals surface area contributed by atoms with Crippen LogP contribution in [0.5, 0.6) is 0 Å². The van der Waals surface area contributed by atoms with Crippen molar-refractivity contribution in [1.82, 2.24) is 5.32 Å². The van der Waals surface area contributed by atoms with Gasteiger partial charge in [-0.25, -0.2) is 13.6 Å². The van der Waals surface area contributed by atoms with Gasteiger partial charge in [0, 0.05) is 30.9 Å². The number of carbonyl (C=O) groups excluding carboxylic acids is 1. The summed E-state index contributed by atoms with van der Waals surface area (Å²) in [6.07, 6.45) is 1.96. The summed E-state index contributed by atoms with van der Waals surface area (Å²) in [4.78, 5) is 12.3. The lowest BCUT2D eigenvalue weighted by atomic mass is 10.0. The molecule has 2 aromatic carbocycles. The molecule has 0 aliphatic carbocycles. The summed E-state index contributed by atoms with van der Waals surface area (Å²) in [6.45, 7) is 2.19. The summed E-state index contributed by atoms with van der Waals surface area (Å²) < 4.78 is 28.8. The number of sulfonamides is 1. The molecule has 0 aromatic heterocycles. The third kappa shape index (κ3) is 4.49. The van der Waals surface area contributed by atoms with E-state index in [0.717, 1.165) is 26.1 Å². The number of hydrogen-bond acceptors (Lipinski definition) is 4. The van der Waals surface area contributed by atoms with Crippen LogP contribution in [0.1, 0.15) is 23.2 Å². The van der Waals surface area contributed by atoms with E-state index in [1.54, 1.807) is 42.5 Å². The average Bonchev–Trinajstić information content (AvgIpc) is 3.14. The predicted molar refractivity (Wildman–Crippen MR) is 99.1 cm³/mol. The minimum atomic E-state index is -3.82. The van der Waals surface area contributed by atoms with E-state index in [9.17, 15) is 13.2 Å². The van der Waals surface area contributed by atoms with Crippen LogP contribution in [-0.2, 0) is 14.8 Å². The Morgan fingerprint density at radius 1 is 1.15 bits per heavy atom. The number of amides is 1. The molecule has 0 saturated carbocycles. The second kappa shape index (κ2) is 7.99. The van der Waals surface area contributed by atoms with Crippen molar-refractivity contribution < 1.29 is 17.9 Å². The second-order valence-electron chi connectivity index (χ2n) is 6.39. The Labute approximate surface area is 153 Å². The molecule has 138 valence electrons. The first kappa shape index (κ1) is 18.6. The van der Waals surface area contributed by atoms with Crippen LogP contribution >= 0.6 is 0 Å². The molecule has 0 radical (unpaired) electrons. The van der Waals surface area contributed by atoms with Gasteiger partial charge in [-0.2, -0.15) is 0 Å². The fourth-order valence-corrected chi connectivity index (χ4v) is 3.82. The maximum Gasteiger partial charge on any atom is 0.251 e. The Kier molecular flexibility index (Phi) is 5.70. The van der Waals surface area contributed by atoms with Crippen molar-refractivity contribution in [3.05, 3.63) is 54.1 Å². The molecule has 6 nitrogen and oxygen atoms in total. The van der Waals surface area contributed by atoms with Gasteiger partial charge in [0.05, 0.1) is 4.90 Å². The van der Waals surface area contributed by atoms with Crippen molar-refractivity contribution in [3.8, 4) is 11.1 Å². The van der Waals surface area contributed by atoms with Gasteiger partial charge in [0.15, 0.2) is 0 Å². The summed E-state index contributed by atoms with van der Waals surface area (Å²) in [5, 5.41) is 8.19. The van der Waals surface area contributed by atoms with Crippen LogP contribution in [0.3, 0.4) is 0 Å². The molecule has 0 spiro atoms. The topological polar surface area (TPSA) is 98.5 Å². The quantitative estimate of drug-likeness (QED) is 0.809. The molecule has 1 aliphatic heterocycles. The predicted octanol–water partition coefficient (Wildman–Crippen LogP) is 2.16. The van der Waals surface area contributed by atoms with Gasteiger partial charge in [0.2, 0.25) is 10.0 Å². The second-order valence-corrected chi connectivity index (χ2v) is 7.92. The summed E-state index contributed by atoms with van der Waals surface area (Å²) in [5.74, 6) is 0.377. The Morgan fingerprint density at radius 3 is 2.54 bits per heavy atom. The Bertz CT molecular complexity index is 873. The van der Waals surface area contributed by atoms with Gasteiger partial charge in [0.1, 0.15) is 0 Å². The molecule has 2 aromatic rings. The summed E-state index contributed by atoms with van der Waals surface area (Å²) in [5.41, 5.74) is 1.74. The number of nitrogens with two attached hydrogens (primary N) is 1. The van der Waals surface area contributed by atoms with Crippen LogP contribution in [0.4, 0.5) is 0 Å². The highest BCUT2D eigenvalue weighted by atomic mass is 32.2. The minimum Gasteiger partial charge on any atom is -0.381 e. The van der Waals surface area contributed by atoms with E-state index in [-0.39, 0.29) is 10.8 Å². The molecule has 0 unspecified atom stereocenters. The summed E-state index contributed by atoms with van der Waals surface area (Å²) in [7, 11) is -3.82. The number of primary sulfonamides is 1. The van der Waals surface area contributed by atoms with E-state index in [1.807, 2.05) is 0 Å². The van der Waals surface area contributed by atoms with Crippen LogP contribution in [0.2, 0.25) is 0 Å². The molecule has 1 saturated heterocycles. The molecular weight excluding hydrogens is 352 g/mol. The van der Waals surface area contributed by atoms with E-state index >= 15 is 0 Å². The molecule has 1 heterocycles. The number of hydrogen-bond donors (Lipinski definition) is 2. The lowest BCUT2D eigenvalue weighted by Gasteiger charge is -2.10. The normalized spacial score (nSPS) is 17.2.